The summed E-state index contributed by atoms with van der Waals surface area (Å²) in [7, 11) is 0. The molecular formula is C8H11NO4S. The number of hydrogen-bond donors (Lipinski definition) is 2. The van der Waals surface area contributed by atoms with Crippen LogP contribution in [0.2, 0.25) is 0 Å². The van der Waals surface area contributed by atoms with E-state index in [1.165, 1.54) is 5.38 Å². The summed E-state index contributed by atoms with van der Waals surface area (Å²) in [6, 6.07) is 0. The second-order valence-corrected chi connectivity index (χ2v) is 3.38. The normalized spacial score (nSPS) is 12.5. The zero-order valence-electron chi connectivity index (χ0n) is 7.64. The minimum Gasteiger partial charge on any atom is -0.461 e. The van der Waals surface area contributed by atoms with Gasteiger partial charge in [-0.1, -0.05) is 0 Å². The minimum absolute atomic E-state index is 0.166. The van der Waals surface area contributed by atoms with E-state index in [9.17, 15) is 9.90 Å². The minimum atomic E-state index is -1.02. The molecule has 2 N–H and O–H groups in total. The van der Waals surface area contributed by atoms with Crippen LogP contribution >= 0.6 is 11.3 Å². The Bertz CT molecular complexity index is 312. The van der Waals surface area contributed by atoms with Crippen molar-refractivity contribution in [1.29, 1.82) is 0 Å². The molecule has 5 nitrogen and oxygen atoms in total. The lowest BCUT2D eigenvalue weighted by Crippen LogP contribution is -2.07. The lowest BCUT2D eigenvalue weighted by molar-refractivity contribution is 0.0518. The molecule has 0 amide bonds. The van der Waals surface area contributed by atoms with Crippen LogP contribution in [-0.2, 0) is 4.74 Å². The average molecular weight is 217 g/mol. The summed E-state index contributed by atoms with van der Waals surface area (Å²) in [5.74, 6) is -0.514. The summed E-state index contributed by atoms with van der Waals surface area (Å²) >= 11 is 1.11. The number of ether oxygens (including phenoxy) is 1. The third kappa shape index (κ3) is 2.50. The standard InChI is InChI=1S/C8H11NO4S/c1-2-13-8(12)5-4-14-7(9-5)6(11)3-10/h4,6,10-11H,2-3H2,1H3/t6-/m1/s1. The number of aliphatic hydroxyl groups excluding tert-OH is 2. The van der Waals surface area contributed by atoms with Crippen LogP contribution in [0.5, 0.6) is 0 Å². The number of nitrogens with zero attached hydrogens (tertiary/aromatic N) is 1. The van der Waals surface area contributed by atoms with Crippen molar-refractivity contribution in [2.24, 2.45) is 0 Å². The molecule has 0 bridgehead atoms. The van der Waals surface area contributed by atoms with E-state index >= 15 is 0 Å². The predicted octanol–water partition coefficient (Wildman–Crippen LogP) is 0.345. The SMILES string of the molecule is CCOC(=O)c1csc([C@H](O)CO)n1. The number of carbonyl (C=O) groups excluding carboxylic acids is 1. The zero-order chi connectivity index (χ0) is 10.6. The van der Waals surface area contributed by atoms with E-state index < -0.39 is 18.7 Å². The second kappa shape index (κ2) is 5.04. The van der Waals surface area contributed by atoms with Crippen LogP contribution in [-0.4, -0.2) is 34.4 Å². The van der Waals surface area contributed by atoms with Crippen LogP contribution in [0.25, 0.3) is 0 Å². The molecule has 0 radical (unpaired) electrons. The quantitative estimate of drug-likeness (QED) is 0.711. The number of hydrogen-bond acceptors (Lipinski definition) is 6. The largest absolute Gasteiger partial charge is 0.461 e. The molecule has 0 saturated heterocycles. The molecule has 0 aliphatic carbocycles. The van der Waals surface area contributed by atoms with E-state index in [-0.39, 0.29) is 12.3 Å². The fraction of sp³-hybridized carbons (Fsp3) is 0.500. The summed E-state index contributed by atoms with van der Waals surface area (Å²) in [5.41, 5.74) is 0.166. The number of aromatic nitrogens is 1. The van der Waals surface area contributed by atoms with Gasteiger partial charge in [-0.2, -0.15) is 0 Å². The molecule has 0 fully saturated rings. The van der Waals surface area contributed by atoms with Gasteiger partial charge in [0.05, 0.1) is 13.2 Å². The van der Waals surface area contributed by atoms with Crippen molar-refractivity contribution in [3.63, 3.8) is 0 Å². The Morgan fingerprint density at radius 3 is 3.07 bits per heavy atom. The number of aliphatic hydroxyl groups is 2. The van der Waals surface area contributed by atoms with Gasteiger partial charge >= 0.3 is 5.97 Å². The molecule has 1 rings (SSSR count). The van der Waals surface area contributed by atoms with Crippen LogP contribution in [0.3, 0.4) is 0 Å². The van der Waals surface area contributed by atoms with E-state index in [4.69, 9.17) is 9.84 Å². The van der Waals surface area contributed by atoms with Gasteiger partial charge in [-0.3, -0.25) is 0 Å². The van der Waals surface area contributed by atoms with Crippen molar-refractivity contribution in [2.45, 2.75) is 13.0 Å². The van der Waals surface area contributed by atoms with Crippen molar-refractivity contribution in [3.8, 4) is 0 Å². The summed E-state index contributed by atoms with van der Waals surface area (Å²) in [4.78, 5) is 15.0. The summed E-state index contributed by atoms with van der Waals surface area (Å²) < 4.78 is 4.72. The van der Waals surface area contributed by atoms with Crippen molar-refractivity contribution < 1.29 is 19.7 Å². The number of esters is 1. The highest BCUT2D eigenvalue weighted by atomic mass is 32.1. The van der Waals surface area contributed by atoms with Gasteiger partial charge in [0.25, 0.3) is 0 Å². The van der Waals surface area contributed by atoms with Crippen LogP contribution < -0.4 is 0 Å². The molecule has 1 heterocycles. The summed E-state index contributed by atoms with van der Waals surface area (Å²) in [5, 5.41) is 19.6. The molecule has 6 heteroatoms. The fourth-order valence-corrected chi connectivity index (χ4v) is 1.58. The first-order valence-corrected chi connectivity index (χ1v) is 4.98. The molecule has 1 aromatic rings. The Labute approximate surface area is 85.0 Å². The number of carbonyl (C=O) groups is 1. The topological polar surface area (TPSA) is 79.7 Å². The predicted molar refractivity (Wildman–Crippen MR) is 50.1 cm³/mol. The molecule has 1 atom stereocenters. The lowest BCUT2D eigenvalue weighted by atomic mass is 10.4. The summed E-state index contributed by atoms with van der Waals surface area (Å²) in [6.45, 7) is 1.58. The van der Waals surface area contributed by atoms with Gasteiger partial charge in [0.2, 0.25) is 0 Å². The molecule has 0 aromatic carbocycles. The molecule has 78 valence electrons. The third-order valence-electron chi connectivity index (χ3n) is 1.46. The van der Waals surface area contributed by atoms with E-state index in [1.807, 2.05) is 0 Å². The van der Waals surface area contributed by atoms with Crippen LogP contribution in [0.15, 0.2) is 5.38 Å². The maximum absolute atomic E-state index is 11.1. The molecule has 0 spiro atoms. The molecule has 0 unspecified atom stereocenters. The Balaban J connectivity index is 2.72. The molecule has 0 saturated carbocycles. The van der Waals surface area contributed by atoms with Crippen molar-refractivity contribution in [2.75, 3.05) is 13.2 Å². The Kier molecular flexibility index (Phi) is 3.99. The molecule has 0 aliphatic rings. The van der Waals surface area contributed by atoms with Gasteiger partial charge in [0.15, 0.2) is 5.69 Å². The lowest BCUT2D eigenvalue weighted by Gasteiger charge is -2.00. The van der Waals surface area contributed by atoms with Crippen LogP contribution in [0, 0.1) is 0 Å². The number of rotatable bonds is 4. The van der Waals surface area contributed by atoms with Gasteiger partial charge in [-0.15, -0.1) is 11.3 Å². The van der Waals surface area contributed by atoms with Crippen LogP contribution in [0.4, 0.5) is 0 Å². The van der Waals surface area contributed by atoms with Gasteiger partial charge in [0.1, 0.15) is 11.1 Å². The highest BCUT2D eigenvalue weighted by Crippen LogP contribution is 2.18. The van der Waals surface area contributed by atoms with Gasteiger partial charge in [0, 0.05) is 5.38 Å². The van der Waals surface area contributed by atoms with Gasteiger partial charge in [-0.05, 0) is 6.92 Å². The Morgan fingerprint density at radius 1 is 1.79 bits per heavy atom. The first-order valence-electron chi connectivity index (χ1n) is 4.10. The average Bonchev–Trinajstić information content (AvgIpc) is 2.66. The van der Waals surface area contributed by atoms with Gasteiger partial charge < -0.3 is 14.9 Å². The summed E-state index contributed by atoms with van der Waals surface area (Å²) in [6.07, 6.45) is -1.02. The number of thiazole rings is 1. The molecule has 1 aromatic heterocycles. The maximum atomic E-state index is 11.1. The highest BCUT2D eigenvalue weighted by Gasteiger charge is 2.15. The smallest absolute Gasteiger partial charge is 0.357 e. The fourth-order valence-electron chi connectivity index (χ4n) is 0.818. The zero-order valence-corrected chi connectivity index (χ0v) is 8.45. The van der Waals surface area contributed by atoms with Crippen molar-refractivity contribution in [3.05, 3.63) is 16.1 Å². The maximum Gasteiger partial charge on any atom is 0.357 e. The van der Waals surface area contributed by atoms with E-state index in [2.05, 4.69) is 4.98 Å². The van der Waals surface area contributed by atoms with E-state index in [1.54, 1.807) is 6.92 Å². The molecule has 0 aliphatic heterocycles. The van der Waals surface area contributed by atoms with Crippen LogP contribution in [0.1, 0.15) is 28.5 Å². The second-order valence-electron chi connectivity index (χ2n) is 2.49. The monoisotopic (exact) mass is 217 g/mol. The van der Waals surface area contributed by atoms with E-state index in [0.29, 0.717) is 5.01 Å². The Hall–Kier alpha value is -0.980. The Morgan fingerprint density at radius 2 is 2.50 bits per heavy atom. The first kappa shape index (κ1) is 11.1. The highest BCUT2D eigenvalue weighted by molar-refractivity contribution is 7.09. The van der Waals surface area contributed by atoms with E-state index in [0.717, 1.165) is 11.3 Å². The molecule has 14 heavy (non-hydrogen) atoms. The first-order chi connectivity index (χ1) is 6.69. The molecular weight excluding hydrogens is 206 g/mol. The van der Waals surface area contributed by atoms with Crippen molar-refractivity contribution >= 4 is 17.3 Å². The third-order valence-corrected chi connectivity index (χ3v) is 2.41. The van der Waals surface area contributed by atoms with Crippen molar-refractivity contribution in [1.82, 2.24) is 4.98 Å². The van der Waals surface area contributed by atoms with Gasteiger partial charge in [-0.25, -0.2) is 9.78 Å².